The number of ether oxygens (including phenoxy) is 3. The quantitative estimate of drug-likeness (QED) is 0.318. The second-order valence-electron chi connectivity index (χ2n) is 9.85. The number of methoxy groups -OCH3 is 3. The van der Waals surface area contributed by atoms with E-state index in [2.05, 4.69) is 15.0 Å². The summed E-state index contributed by atoms with van der Waals surface area (Å²) in [6.45, 7) is 0. The summed E-state index contributed by atoms with van der Waals surface area (Å²) >= 11 is 0. The number of pyridine rings is 3. The average Bonchev–Trinajstić information content (AvgIpc) is 3.00. The molecule has 0 unspecified atom stereocenters. The highest BCUT2D eigenvalue weighted by Gasteiger charge is 2.59. The van der Waals surface area contributed by atoms with E-state index in [0.29, 0.717) is 28.5 Å². The molecule has 0 aliphatic heterocycles. The Balaban J connectivity index is 1.80. The normalized spacial score (nSPS) is 24.2. The lowest BCUT2D eigenvalue weighted by molar-refractivity contribution is -0.144. The molecule has 4 atom stereocenters. The Morgan fingerprint density at radius 2 is 1.40 bits per heavy atom. The molecule has 1 aliphatic carbocycles. The molecule has 3 heterocycles. The minimum Gasteiger partial charge on any atom is -0.493 e. The third kappa shape index (κ3) is 4.67. The first-order valence-corrected chi connectivity index (χ1v) is 12.9. The first-order chi connectivity index (χ1) is 19.4. The van der Waals surface area contributed by atoms with Gasteiger partial charge in [-0.2, -0.15) is 0 Å². The highest BCUT2D eigenvalue weighted by molar-refractivity contribution is 5.98. The van der Waals surface area contributed by atoms with Crippen LogP contribution in [0, 0.1) is 5.92 Å². The van der Waals surface area contributed by atoms with E-state index in [-0.39, 0.29) is 24.2 Å². The fraction of sp³-hybridized carbons (Fsp3) is 0.290. The number of nitrogens with zero attached hydrogens (tertiary/aromatic N) is 3. The number of carbonyl (C=O) groups is 1. The van der Waals surface area contributed by atoms with Crippen LogP contribution in [0.2, 0.25) is 0 Å². The molecule has 5 rings (SSSR count). The molecule has 2 N–H and O–H groups in total. The SMILES string of the molecule is COc1ccc([C@H]2C[C@@](O)(c3ccccn3)C[C@@](O)(c3ccccn3)[C@@H]2C(=O)c2ccccn2)c(OC)c1OC. The van der Waals surface area contributed by atoms with Crippen molar-refractivity contribution in [2.24, 2.45) is 5.92 Å². The smallest absolute Gasteiger partial charge is 0.203 e. The number of carbonyl (C=O) groups excluding carboxylic acids is 1. The summed E-state index contributed by atoms with van der Waals surface area (Å²) in [6.07, 6.45) is 4.50. The second kappa shape index (κ2) is 11.0. The zero-order chi connectivity index (χ0) is 28.3. The van der Waals surface area contributed by atoms with E-state index in [1.807, 2.05) is 0 Å². The van der Waals surface area contributed by atoms with Gasteiger partial charge in [-0.15, -0.1) is 0 Å². The van der Waals surface area contributed by atoms with Gasteiger partial charge < -0.3 is 24.4 Å². The number of aromatic nitrogens is 3. The number of Topliss-reactive ketones (excluding diaryl/α,β-unsaturated/α-hetero) is 1. The van der Waals surface area contributed by atoms with Crippen molar-refractivity contribution in [1.82, 2.24) is 15.0 Å². The highest BCUT2D eigenvalue weighted by Crippen LogP contribution is 2.58. The Morgan fingerprint density at radius 1 is 0.775 bits per heavy atom. The monoisotopic (exact) mass is 541 g/mol. The molecule has 0 bridgehead atoms. The molecule has 0 amide bonds. The lowest BCUT2D eigenvalue weighted by Gasteiger charge is -2.50. The molecule has 1 aromatic carbocycles. The summed E-state index contributed by atoms with van der Waals surface area (Å²) in [5.74, 6) is -1.17. The molecule has 206 valence electrons. The van der Waals surface area contributed by atoms with E-state index in [9.17, 15) is 15.0 Å². The summed E-state index contributed by atoms with van der Waals surface area (Å²) in [4.78, 5) is 27.6. The fourth-order valence-electron chi connectivity index (χ4n) is 5.92. The summed E-state index contributed by atoms with van der Waals surface area (Å²) in [5.41, 5.74) is -2.17. The molecule has 0 spiro atoms. The number of ketones is 1. The summed E-state index contributed by atoms with van der Waals surface area (Å²) in [7, 11) is 4.51. The largest absolute Gasteiger partial charge is 0.493 e. The number of hydrogen-bond donors (Lipinski definition) is 2. The van der Waals surface area contributed by atoms with E-state index in [4.69, 9.17) is 14.2 Å². The van der Waals surface area contributed by atoms with Crippen LogP contribution in [-0.2, 0) is 11.2 Å². The van der Waals surface area contributed by atoms with Gasteiger partial charge in [0.1, 0.15) is 16.9 Å². The van der Waals surface area contributed by atoms with Crippen LogP contribution in [0.5, 0.6) is 17.2 Å². The minimum absolute atomic E-state index is 0.0498. The van der Waals surface area contributed by atoms with Crippen LogP contribution in [0.3, 0.4) is 0 Å². The van der Waals surface area contributed by atoms with Gasteiger partial charge in [0.2, 0.25) is 5.75 Å². The number of aliphatic hydroxyl groups is 2. The maximum Gasteiger partial charge on any atom is 0.203 e. The topological polar surface area (TPSA) is 124 Å². The van der Waals surface area contributed by atoms with Crippen LogP contribution in [0.15, 0.2) is 85.3 Å². The molecule has 9 heteroatoms. The van der Waals surface area contributed by atoms with Crippen molar-refractivity contribution in [3.05, 3.63) is 108 Å². The molecule has 40 heavy (non-hydrogen) atoms. The van der Waals surface area contributed by atoms with Gasteiger partial charge in [-0.3, -0.25) is 19.7 Å². The first-order valence-electron chi connectivity index (χ1n) is 12.9. The van der Waals surface area contributed by atoms with Crippen molar-refractivity contribution in [2.45, 2.75) is 30.0 Å². The van der Waals surface area contributed by atoms with E-state index in [1.54, 1.807) is 79.1 Å². The van der Waals surface area contributed by atoms with Crippen LogP contribution >= 0.6 is 0 Å². The third-order valence-corrected chi connectivity index (χ3v) is 7.62. The van der Waals surface area contributed by atoms with Crippen molar-refractivity contribution < 1.29 is 29.2 Å². The van der Waals surface area contributed by atoms with E-state index >= 15 is 0 Å². The van der Waals surface area contributed by atoms with Crippen molar-refractivity contribution in [1.29, 1.82) is 0 Å². The Kier molecular flexibility index (Phi) is 7.51. The fourth-order valence-corrected chi connectivity index (χ4v) is 5.92. The van der Waals surface area contributed by atoms with E-state index in [0.717, 1.165) is 0 Å². The standard InChI is InChI=1S/C31H31N3O6/c1-38-23-14-13-20(28(39-2)29(23)40-3)21-18-30(36,24-11-5-8-16-33-24)19-31(37,25-12-6-9-17-34-25)26(21)27(35)22-10-4-7-15-32-22/h4-17,21,26,36-37H,18-19H2,1-3H3/t21-,26+,30+,31-/m1/s1. The predicted molar refractivity (Wildman–Crippen MR) is 146 cm³/mol. The molecule has 0 saturated heterocycles. The Morgan fingerprint density at radius 3 is 1.95 bits per heavy atom. The Labute approximate surface area is 232 Å². The van der Waals surface area contributed by atoms with E-state index < -0.39 is 28.8 Å². The summed E-state index contributed by atoms with van der Waals surface area (Å²) in [6, 6.07) is 18.9. The molecule has 9 nitrogen and oxygen atoms in total. The third-order valence-electron chi connectivity index (χ3n) is 7.62. The molecule has 1 saturated carbocycles. The molecule has 3 aromatic heterocycles. The van der Waals surface area contributed by atoms with Gasteiger partial charge in [-0.05, 0) is 48.9 Å². The maximum atomic E-state index is 14.4. The van der Waals surface area contributed by atoms with Crippen molar-refractivity contribution in [3.63, 3.8) is 0 Å². The van der Waals surface area contributed by atoms with Gasteiger partial charge in [-0.1, -0.05) is 24.3 Å². The van der Waals surface area contributed by atoms with Gasteiger partial charge in [-0.25, -0.2) is 0 Å². The summed E-state index contributed by atoms with van der Waals surface area (Å²) < 4.78 is 16.9. The molecule has 4 aromatic rings. The van der Waals surface area contributed by atoms with Crippen LogP contribution in [0.4, 0.5) is 0 Å². The molecular formula is C31H31N3O6. The van der Waals surface area contributed by atoms with Gasteiger partial charge in [0, 0.05) is 36.5 Å². The lowest BCUT2D eigenvalue weighted by atomic mass is 9.57. The van der Waals surface area contributed by atoms with Crippen LogP contribution in [-0.4, -0.2) is 52.3 Å². The van der Waals surface area contributed by atoms with Gasteiger partial charge in [0.15, 0.2) is 17.3 Å². The molecule has 1 aliphatic rings. The van der Waals surface area contributed by atoms with Gasteiger partial charge in [0.05, 0.1) is 38.6 Å². The van der Waals surface area contributed by atoms with Crippen LogP contribution in [0.1, 0.15) is 46.2 Å². The summed E-state index contributed by atoms with van der Waals surface area (Å²) in [5, 5.41) is 24.9. The van der Waals surface area contributed by atoms with Gasteiger partial charge in [0.25, 0.3) is 0 Å². The minimum atomic E-state index is -1.91. The average molecular weight is 542 g/mol. The predicted octanol–water partition coefficient (Wildman–Crippen LogP) is 4.05. The maximum absolute atomic E-state index is 14.4. The van der Waals surface area contributed by atoms with Crippen LogP contribution in [0.25, 0.3) is 0 Å². The van der Waals surface area contributed by atoms with Gasteiger partial charge >= 0.3 is 0 Å². The number of rotatable bonds is 8. The highest BCUT2D eigenvalue weighted by atomic mass is 16.5. The first kappa shape index (κ1) is 27.2. The number of hydrogen-bond acceptors (Lipinski definition) is 9. The lowest BCUT2D eigenvalue weighted by Crippen LogP contribution is -2.54. The number of benzene rings is 1. The van der Waals surface area contributed by atoms with Crippen molar-refractivity contribution in [3.8, 4) is 17.2 Å². The zero-order valence-electron chi connectivity index (χ0n) is 22.5. The second-order valence-corrected chi connectivity index (χ2v) is 9.85. The van der Waals surface area contributed by atoms with Crippen molar-refractivity contribution in [2.75, 3.05) is 21.3 Å². The van der Waals surface area contributed by atoms with Crippen molar-refractivity contribution >= 4 is 5.78 Å². The Bertz CT molecular complexity index is 1470. The molecule has 1 fully saturated rings. The molecule has 0 radical (unpaired) electrons. The molecular weight excluding hydrogens is 510 g/mol. The van der Waals surface area contributed by atoms with Crippen LogP contribution < -0.4 is 14.2 Å². The zero-order valence-corrected chi connectivity index (χ0v) is 22.5. The Hall–Kier alpha value is -4.34. The van der Waals surface area contributed by atoms with E-state index in [1.165, 1.54) is 27.5 Å².